The summed E-state index contributed by atoms with van der Waals surface area (Å²) in [5.74, 6) is 1.89. The van der Waals surface area contributed by atoms with Crippen LogP contribution in [0.3, 0.4) is 0 Å². The van der Waals surface area contributed by atoms with Crippen molar-refractivity contribution >= 4 is 5.96 Å². The van der Waals surface area contributed by atoms with Gasteiger partial charge in [-0.3, -0.25) is 4.99 Å². The molecular formula is C13H25N3O. The van der Waals surface area contributed by atoms with Gasteiger partial charge in [-0.1, -0.05) is 0 Å². The minimum atomic E-state index is 0.294. The summed E-state index contributed by atoms with van der Waals surface area (Å²) in [5.41, 5.74) is 0.613. The summed E-state index contributed by atoms with van der Waals surface area (Å²) in [4.78, 5) is 4.26. The monoisotopic (exact) mass is 239 g/mol. The van der Waals surface area contributed by atoms with E-state index in [0.29, 0.717) is 18.1 Å². The maximum absolute atomic E-state index is 5.11. The van der Waals surface area contributed by atoms with Crippen LogP contribution in [0.2, 0.25) is 0 Å². The van der Waals surface area contributed by atoms with E-state index in [1.54, 1.807) is 7.11 Å². The number of hydrogen-bond donors (Lipinski definition) is 2. The number of aliphatic imine (C=N–C) groups is 1. The van der Waals surface area contributed by atoms with Crippen molar-refractivity contribution in [1.82, 2.24) is 10.6 Å². The summed E-state index contributed by atoms with van der Waals surface area (Å²) in [6.07, 6.45) is 5.67. The van der Waals surface area contributed by atoms with E-state index < -0.39 is 0 Å². The van der Waals surface area contributed by atoms with Gasteiger partial charge in [-0.15, -0.1) is 0 Å². The topological polar surface area (TPSA) is 45.7 Å². The van der Waals surface area contributed by atoms with Crippen LogP contribution in [0.15, 0.2) is 4.99 Å². The summed E-state index contributed by atoms with van der Waals surface area (Å²) in [7, 11) is 3.55. The molecule has 0 spiro atoms. The van der Waals surface area contributed by atoms with Crippen LogP contribution in [-0.2, 0) is 4.74 Å². The molecule has 2 saturated carbocycles. The van der Waals surface area contributed by atoms with Crippen LogP contribution >= 0.6 is 0 Å². The molecule has 0 aromatic heterocycles. The van der Waals surface area contributed by atoms with Gasteiger partial charge in [0.2, 0.25) is 0 Å². The first-order chi connectivity index (χ1) is 8.20. The fraction of sp³-hybridized carbons (Fsp3) is 0.923. The van der Waals surface area contributed by atoms with Gasteiger partial charge in [0.05, 0.1) is 6.61 Å². The maximum Gasteiger partial charge on any atom is 0.191 e. The van der Waals surface area contributed by atoms with E-state index >= 15 is 0 Å². The Morgan fingerprint density at radius 2 is 2.18 bits per heavy atom. The van der Waals surface area contributed by atoms with Gasteiger partial charge in [0.1, 0.15) is 0 Å². The van der Waals surface area contributed by atoms with Crippen molar-refractivity contribution in [2.75, 3.05) is 27.3 Å². The van der Waals surface area contributed by atoms with Gasteiger partial charge >= 0.3 is 0 Å². The molecule has 4 nitrogen and oxygen atoms in total. The number of nitrogens with one attached hydrogen (secondary N) is 2. The summed E-state index contributed by atoms with van der Waals surface area (Å²) in [6, 6.07) is 0.294. The van der Waals surface area contributed by atoms with Crippen molar-refractivity contribution in [3.05, 3.63) is 0 Å². The molecule has 2 fully saturated rings. The van der Waals surface area contributed by atoms with Crippen molar-refractivity contribution < 1.29 is 4.74 Å². The third-order valence-electron chi connectivity index (χ3n) is 3.97. The zero-order chi connectivity index (χ0) is 12.3. The van der Waals surface area contributed by atoms with E-state index in [-0.39, 0.29) is 0 Å². The lowest BCUT2D eigenvalue weighted by atomic mass is 10.0. The van der Waals surface area contributed by atoms with Crippen molar-refractivity contribution in [2.45, 2.75) is 38.6 Å². The molecule has 2 N–H and O–H groups in total. The molecule has 1 unspecified atom stereocenters. The van der Waals surface area contributed by atoms with E-state index in [2.05, 4.69) is 22.5 Å². The highest BCUT2D eigenvalue weighted by atomic mass is 16.5. The lowest BCUT2D eigenvalue weighted by Gasteiger charge is -2.20. The lowest BCUT2D eigenvalue weighted by molar-refractivity contribution is 0.179. The van der Waals surface area contributed by atoms with E-state index in [1.165, 1.54) is 25.7 Å². The normalized spacial score (nSPS) is 24.3. The molecule has 0 saturated heterocycles. The number of ether oxygens (including phenoxy) is 1. The Bertz CT molecular complexity index is 282. The Kier molecular flexibility index (Phi) is 3.92. The van der Waals surface area contributed by atoms with Gasteiger partial charge in [-0.2, -0.15) is 0 Å². The number of methoxy groups -OCH3 is 1. The first kappa shape index (κ1) is 12.7. The molecule has 2 aliphatic carbocycles. The summed E-state index contributed by atoms with van der Waals surface area (Å²) in [5, 5.41) is 6.81. The molecule has 0 radical (unpaired) electrons. The highest BCUT2D eigenvalue weighted by Crippen LogP contribution is 2.60. The van der Waals surface area contributed by atoms with Crippen LogP contribution in [0.25, 0.3) is 0 Å². The lowest BCUT2D eigenvalue weighted by Crippen LogP contribution is -2.45. The minimum absolute atomic E-state index is 0.294. The molecule has 0 amide bonds. The highest BCUT2D eigenvalue weighted by molar-refractivity contribution is 5.80. The van der Waals surface area contributed by atoms with Crippen LogP contribution in [0, 0.1) is 11.3 Å². The fourth-order valence-electron chi connectivity index (χ4n) is 2.57. The number of hydrogen-bond acceptors (Lipinski definition) is 2. The van der Waals surface area contributed by atoms with Gasteiger partial charge in [-0.25, -0.2) is 0 Å². The molecule has 0 heterocycles. The van der Waals surface area contributed by atoms with Gasteiger partial charge in [0, 0.05) is 26.7 Å². The molecule has 0 aromatic carbocycles. The van der Waals surface area contributed by atoms with Crippen molar-refractivity contribution in [3.63, 3.8) is 0 Å². The Balaban J connectivity index is 1.72. The van der Waals surface area contributed by atoms with Crippen LogP contribution in [-0.4, -0.2) is 39.3 Å². The number of rotatable bonds is 6. The van der Waals surface area contributed by atoms with E-state index in [0.717, 1.165) is 18.4 Å². The molecule has 2 rings (SSSR count). The average molecular weight is 239 g/mol. The van der Waals surface area contributed by atoms with Gasteiger partial charge < -0.3 is 15.4 Å². The Morgan fingerprint density at radius 1 is 1.47 bits per heavy atom. The van der Waals surface area contributed by atoms with Crippen LogP contribution in [0.1, 0.15) is 32.6 Å². The highest BCUT2D eigenvalue weighted by Gasteiger charge is 2.53. The molecule has 2 aliphatic rings. The zero-order valence-electron chi connectivity index (χ0n) is 11.3. The predicted molar refractivity (Wildman–Crippen MR) is 70.2 cm³/mol. The zero-order valence-corrected chi connectivity index (χ0v) is 11.3. The fourth-order valence-corrected chi connectivity index (χ4v) is 2.57. The summed E-state index contributed by atoms with van der Waals surface area (Å²) < 4.78 is 5.11. The third kappa shape index (κ3) is 3.35. The van der Waals surface area contributed by atoms with Crippen molar-refractivity contribution in [3.8, 4) is 0 Å². The van der Waals surface area contributed by atoms with Gasteiger partial charge in [0.15, 0.2) is 5.96 Å². The van der Waals surface area contributed by atoms with Crippen LogP contribution < -0.4 is 10.6 Å². The van der Waals surface area contributed by atoms with Crippen LogP contribution in [0.4, 0.5) is 0 Å². The molecule has 98 valence electrons. The molecule has 0 bridgehead atoms. The third-order valence-corrected chi connectivity index (χ3v) is 3.97. The van der Waals surface area contributed by atoms with Gasteiger partial charge in [0.25, 0.3) is 0 Å². The molecule has 0 aromatic rings. The SMILES string of the molecule is CN=C(NCC1(C2CC2)CC1)NC(C)COC. The molecule has 17 heavy (non-hydrogen) atoms. The van der Waals surface area contributed by atoms with Gasteiger partial charge in [-0.05, 0) is 43.9 Å². The summed E-state index contributed by atoms with van der Waals surface area (Å²) in [6.45, 7) is 3.88. The average Bonchev–Trinajstić information content (AvgIpc) is 3.16. The van der Waals surface area contributed by atoms with E-state index in [1.807, 2.05) is 7.05 Å². The molecule has 0 aliphatic heterocycles. The first-order valence-corrected chi connectivity index (χ1v) is 6.66. The van der Waals surface area contributed by atoms with E-state index in [9.17, 15) is 0 Å². The number of nitrogens with zero attached hydrogens (tertiary/aromatic N) is 1. The van der Waals surface area contributed by atoms with Crippen LogP contribution in [0.5, 0.6) is 0 Å². The minimum Gasteiger partial charge on any atom is -0.383 e. The summed E-state index contributed by atoms with van der Waals surface area (Å²) >= 11 is 0. The first-order valence-electron chi connectivity index (χ1n) is 6.66. The largest absolute Gasteiger partial charge is 0.383 e. The standard InChI is InChI=1S/C13H25N3O/c1-10(8-17-3)16-12(14-2)15-9-13(6-7-13)11-4-5-11/h10-11H,4-9H2,1-3H3,(H2,14,15,16). The van der Waals surface area contributed by atoms with E-state index in [4.69, 9.17) is 4.74 Å². The maximum atomic E-state index is 5.11. The predicted octanol–water partition coefficient (Wildman–Crippen LogP) is 1.38. The molecule has 4 heteroatoms. The second-order valence-corrected chi connectivity index (χ2v) is 5.56. The Hall–Kier alpha value is -0.770. The van der Waals surface area contributed by atoms with Crippen molar-refractivity contribution in [1.29, 1.82) is 0 Å². The second kappa shape index (κ2) is 5.25. The van der Waals surface area contributed by atoms with Crippen molar-refractivity contribution in [2.24, 2.45) is 16.3 Å². The quantitative estimate of drug-likeness (QED) is 0.544. The number of guanidine groups is 1. The molecular weight excluding hydrogens is 214 g/mol. The molecule has 1 atom stereocenters. The Morgan fingerprint density at radius 3 is 2.65 bits per heavy atom. The smallest absolute Gasteiger partial charge is 0.191 e. The Labute approximate surface area is 104 Å². The second-order valence-electron chi connectivity index (χ2n) is 5.56.